The van der Waals surface area contributed by atoms with Crippen LogP contribution in [0.2, 0.25) is 0 Å². The molecular formula is C12H15N3O. The molecule has 0 aliphatic rings. The van der Waals surface area contributed by atoms with Crippen molar-refractivity contribution in [1.82, 2.24) is 15.0 Å². The molecule has 16 heavy (non-hydrogen) atoms. The molecule has 0 amide bonds. The largest absolute Gasteiger partial charge is 0.294 e. The second-order valence-electron chi connectivity index (χ2n) is 2.89. The van der Waals surface area contributed by atoms with Crippen molar-refractivity contribution in [3.63, 3.8) is 0 Å². The van der Waals surface area contributed by atoms with Crippen LogP contribution in [0.4, 0.5) is 0 Å². The predicted octanol–water partition coefficient (Wildman–Crippen LogP) is 2.50. The Kier molecular flexibility index (Phi) is 4.39. The molecule has 2 aromatic rings. The van der Waals surface area contributed by atoms with E-state index in [1.54, 1.807) is 18.5 Å². The molecule has 4 heteroatoms. The Morgan fingerprint density at radius 3 is 2.25 bits per heavy atom. The SMILES string of the molecule is CC.CC(=O)c1ccccc1-n1nccn1. The highest BCUT2D eigenvalue weighted by atomic mass is 16.1. The molecule has 0 bridgehead atoms. The van der Waals surface area contributed by atoms with Crippen LogP contribution in [0.3, 0.4) is 0 Å². The van der Waals surface area contributed by atoms with Gasteiger partial charge in [-0.3, -0.25) is 4.79 Å². The van der Waals surface area contributed by atoms with E-state index in [1.165, 1.54) is 11.7 Å². The van der Waals surface area contributed by atoms with Crippen LogP contribution in [-0.2, 0) is 0 Å². The van der Waals surface area contributed by atoms with Gasteiger partial charge >= 0.3 is 0 Å². The Hall–Kier alpha value is -1.97. The molecule has 1 heterocycles. The van der Waals surface area contributed by atoms with Crippen molar-refractivity contribution in [2.45, 2.75) is 20.8 Å². The maximum Gasteiger partial charge on any atom is 0.162 e. The minimum Gasteiger partial charge on any atom is -0.294 e. The topological polar surface area (TPSA) is 47.8 Å². The van der Waals surface area contributed by atoms with E-state index in [2.05, 4.69) is 10.2 Å². The zero-order chi connectivity index (χ0) is 12.0. The van der Waals surface area contributed by atoms with Crippen LogP contribution in [0.1, 0.15) is 31.1 Å². The van der Waals surface area contributed by atoms with Crippen LogP contribution >= 0.6 is 0 Å². The van der Waals surface area contributed by atoms with Gasteiger partial charge in [0.15, 0.2) is 5.78 Å². The van der Waals surface area contributed by atoms with Crippen LogP contribution in [-0.4, -0.2) is 20.8 Å². The molecule has 2 rings (SSSR count). The number of ketones is 1. The van der Waals surface area contributed by atoms with Crippen LogP contribution < -0.4 is 0 Å². The van der Waals surface area contributed by atoms with Crippen LogP contribution in [0.5, 0.6) is 0 Å². The standard InChI is InChI=1S/C10H9N3O.C2H6/c1-8(14)9-4-2-3-5-10(9)13-11-6-7-12-13;1-2/h2-7H,1H3;1-2H3. The van der Waals surface area contributed by atoms with Gasteiger partial charge in [-0.05, 0) is 19.1 Å². The van der Waals surface area contributed by atoms with Crippen LogP contribution in [0.15, 0.2) is 36.7 Å². The number of rotatable bonds is 2. The number of aromatic nitrogens is 3. The predicted molar refractivity (Wildman–Crippen MR) is 62.7 cm³/mol. The van der Waals surface area contributed by atoms with Crippen molar-refractivity contribution in [1.29, 1.82) is 0 Å². The van der Waals surface area contributed by atoms with Crippen molar-refractivity contribution in [3.8, 4) is 5.69 Å². The number of hydrogen-bond donors (Lipinski definition) is 0. The molecule has 84 valence electrons. The van der Waals surface area contributed by atoms with Crippen LogP contribution in [0, 0.1) is 0 Å². The van der Waals surface area contributed by atoms with Gasteiger partial charge in [0, 0.05) is 5.56 Å². The fourth-order valence-corrected chi connectivity index (χ4v) is 1.29. The van der Waals surface area contributed by atoms with E-state index in [1.807, 2.05) is 32.0 Å². The molecule has 0 saturated carbocycles. The van der Waals surface area contributed by atoms with E-state index >= 15 is 0 Å². The maximum atomic E-state index is 11.3. The third-order valence-electron chi connectivity index (χ3n) is 1.92. The van der Waals surface area contributed by atoms with Crippen molar-refractivity contribution in [2.24, 2.45) is 0 Å². The summed E-state index contributed by atoms with van der Waals surface area (Å²) in [5.41, 5.74) is 1.34. The molecule has 0 aliphatic carbocycles. The zero-order valence-corrected chi connectivity index (χ0v) is 9.71. The Bertz CT molecular complexity index is 449. The summed E-state index contributed by atoms with van der Waals surface area (Å²) in [5, 5.41) is 7.97. The number of carbonyl (C=O) groups excluding carboxylic acids is 1. The van der Waals surface area contributed by atoms with E-state index in [0.29, 0.717) is 11.3 Å². The van der Waals surface area contributed by atoms with Crippen molar-refractivity contribution < 1.29 is 4.79 Å². The first-order valence-electron chi connectivity index (χ1n) is 5.25. The number of benzene rings is 1. The molecule has 0 aliphatic heterocycles. The van der Waals surface area contributed by atoms with Gasteiger partial charge in [-0.1, -0.05) is 26.0 Å². The average Bonchev–Trinajstić information content (AvgIpc) is 2.85. The Morgan fingerprint density at radius 1 is 1.12 bits per heavy atom. The summed E-state index contributed by atoms with van der Waals surface area (Å²) < 4.78 is 0. The third kappa shape index (κ3) is 2.53. The summed E-state index contributed by atoms with van der Waals surface area (Å²) in [6.07, 6.45) is 3.16. The Labute approximate surface area is 94.9 Å². The van der Waals surface area contributed by atoms with E-state index in [0.717, 1.165) is 0 Å². The highest BCUT2D eigenvalue weighted by Crippen LogP contribution is 2.12. The summed E-state index contributed by atoms with van der Waals surface area (Å²) in [7, 11) is 0. The average molecular weight is 217 g/mol. The van der Waals surface area contributed by atoms with Crippen LogP contribution in [0.25, 0.3) is 5.69 Å². The first kappa shape index (κ1) is 12.1. The monoisotopic (exact) mass is 217 g/mol. The summed E-state index contributed by atoms with van der Waals surface area (Å²) in [4.78, 5) is 12.7. The lowest BCUT2D eigenvalue weighted by atomic mass is 10.1. The normalized spacial score (nSPS) is 9.19. The lowest BCUT2D eigenvalue weighted by molar-refractivity contribution is 0.101. The summed E-state index contributed by atoms with van der Waals surface area (Å²) >= 11 is 0. The first-order chi connectivity index (χ1) is 7.79. The lowest BCUT2D eigenvalue weighted by Crippen LogP contribution is -2.05. The minimum absolute atomic E-state index is 0.0119. The Balaban J connectivity index is 0.000000606. The van der Waals surface area contributed by atoms with Gasteiger partial charge in [-0.2, -0.15) is 15.0 Å². The maximum absolute atomic E-state index is 11.3. The summed E-state index contributed by atoms with van der Waals surface area (Å²) in [6, 6.07) is 7.26. The van der Waals surface area contributed by atoms with Gasteiger partial charge in [-0.15, -0.1) is 0 Å². The smallest absolute Gasteiger partial charge is 0.162 e. The molecule has 1 aromatic heterocycles. The van der Waals surface area contributed by atoms with Gasteiger partial charge in [0.05, 0.1) is 18.1 Å². The molecule has 0 radical (unpaired) electrons. The number of nitrogens with zero attached hydrogens (tertiary/aromatic N) is 3. The number of Topliss-reactive ketones (excluding diaryl/α,β-unsaturated/α-hetero) is 1. The highest BCUT2D eigenvalue weighted by Gasteiger charge is 2.08. The molecule has 0 atom stereocenters. The van der Waals surface area contributed by atoms with E-state index in [4.69, 9.17) is 0 Å². The Morgan fingerprint density at radius 2 is 1.69 bits per heavy atom. The van der Waals surface area contributed by atoms with Gasteiger partial charge in [0.2, 0.25) is 0 Å². The fourth-order valence-electron chi connectivity index (χ4n) is 1.29. The molecule has 0 spiro atoms. The van der Waals surface area contributed by atoms with Gasteiger partial charge in [0.1, 0.15) is 0 Å². The second-order valence-corrected chi connectivity index (χ2v) is 2.89. The van der Waals surface area contributed by atoms with Crippen molar-refractivity contribution in [3.05, 3.63) is 42.2 Å². The molecular weight excluding hydrogens is 202 g/mol. The highest BCUT2D eigenvalue weighted by molar-refractivity contribution is 5.97. The summed E-state index contributed by atoms with van der Waals surface area (Å²) in [6.45, 7) is 5.53. The first-order valence-corrected chi connectivity index (χ1v) is 5.25. The molecule has 1 aromatic carbocycles. The molecule has 0 unspecified atom stereocenters. The third-order valence-corrected chi connectivity index (χ3v) is 1.92. The van der Waals surface area contributed by atoms with E-state index in [9.17, 15) is 4.79 Å². The molecule has 4 nitrogen and oxygen atoms in total. The van der Waals surface area contributed by atoms with E-state index in [-0.39, 0.29) is 5.78 Å². The summed E-state index contributed by atoms with van der Waals surface area (Å²) in [5.74, 6) is 0.0119. The quantitative estimate of drug-likeness (QED) is 0.726. The number of carbonyl (C=O) groups is 1. The van der Waals surface area contributed by atoms with Gasteiger partial charge in [0.25, 0.3) is 0 Å². The van der Waals surface area contributed by atoms with Crippen molar-refractivity contribution in [2.75, 3.05) is 0 Å². The van der Waals surface area contributed by atoms with Gasteiger partial charge in [-0.25, -0.2) is 0 Å². The molecule has 0 saturated heterocycles. The lowest BCUT2D eigenvalue weighted by Gasteiger charge is -2.03. The number of hydrogen-bond acceptors (Lipinski definition) is 3. The fraction of sp³-hybridized carbons (Fsp3) is 0.250. The minimum atomic E-state index is 0.0119. The second kappa shape index (κ2) is 5.80. The van der Waals surface area contributed by atoms with Crippen molar-refractivity contribution >= 4 is 5.78 Å². The van der Waals surface area contributed by atoms with Gasteiger partial charge < -0.3 is 0 Å². The zero-order valence-electron chi connectivity index (χ0n) is 9.71. The molecule has 0 N–H and O–H groups in total. The number of para-hydroxylation sites is 1. The van der Waals surface area contributed by atoms with E-state index < -0.39 is 0 Å². The molecule has 0 fully saturated rings.